The van der Waals surface area contributed by atoms with Gasteiger partial charge < -0.3 is 4.74 Å². The topological polar surface area (TPSA) is 85.2 Å². The Hall–Kier alpha value is -3.68. The van der Waals surface area contributed by atoms with Crippen molar-refractivity contribution in [3.8, 4) is 5.75 Å². The summed E-state index contributed by atoms with van der Waals surface area (Å²) in [5.41, 5.74) is 5.90. The molecule has 0 aliphatic rings. The summed E-state index contributed by atoms with van der Waals surface area (Å²) >= 11 is 0. The molecule has 1 heterocycles. The van der Waals surface area contributed by atoms with E-state index in [1.54, 1.807) is 10.9 Å². The molecule has 1 aromatic heterocycles. The van der Waals surface area contributed by atoms with Gasteiger partial charge in [0, 0.05) is 6.20 Å². The zero-order chi connectivity index (χ0) is 19.1. The van der Waals surface area contributed by atoms with Gasteiger partial charge in [0.2, 0.25) is 0 Å². The maximum atomic E-state index is 12.8. The van der Waals surface area contributed by atoms with E-state index >= 15 is 0 Å². The molecular formula is C19H17FN4O3. The van der Waals surface area contributed by atoms with Crippen molar-refractivity contribution in [1.29, 1.82) is 0 Å². The van der Waals surface area contributed by atoms with E-state index in [1.165, 1.54) is 30.5 Å². The fourth-order valence-corrected chi connectivity index (χ4v) is 2.25. The molecule has 3 aromatic rings. The van der Waals surface area contributed by atoms with Crippen LogP contribution in [0.25, 0.3) is 0 Å². The zero-order valence-electron chi connectivity index (χ0n) is 14.3. The highest BCUT2D eigenvalue weighted by atomic mass is 19.1. The number of rotatable bonds is 6. The largest absolute Gasteiger partial charge is 0.484 e. The Bertz CT molecular complexity index is 910. The average Bonchev–Trinajstić information content (AvgIpc) is 3.15. The van der Waals surface area contributed by atoms with E-state index in [0.29, 0.717) is 17.9 Å². The van der Waals surface area contributed by atoms with Crippen LogP contribution < -0.4 is 15.6 Å². The molecule has 8 heteroatoms. The number of amides is 2. The lowest BCUT2D eigenvalue weighted by Crippen LogP contribution is -2.43. The maximum Gasteiger partial charge on any atom is 0.276 e. The molecule has 2 aromatic carbocycles. The van der Waals surface area contributed by atoms with Crippen LogP contribution in [0.2, 0.25) is 0 Å². The van der Waals surface area contributed by atoms with Gasteiger partial charge in [0.05, 0.1) is 18.3 Å². The lowest BCUT2D eigenvalue weighted by atomic mass is 10.2. The van der Waals surface area contributed by atoms with Crippen LogP contribution in [0.5, 0.6) is 5.75 Å². The number of nitrogens with zero attached hydrogens (tertiary/aromatic N) is 2. The van der Waals surface area contributed by atoms with E-state index in [4.69, 9.17) is 4.74 Å². The van der Waals surface area contributed by atoms with Crippen LogP contribution in [0.15, 0.2) is 67.0 Å². The average molecular weight is 368 g/mol. The number of carbonyl (C=O) groups excluding carboxylic acids is 2. The number of aromatic nitrogens is 2. The van der Waals surface area contributed by atoms with Gasteiger partial charge >= 0.3 is 0 Å². The Morgan fingerprint density at radius 2 is 1.78 bits per heavy atom. The minimum Gasteiger partial charge on any atom is -0.484 e. The summed E-state index contributed by atoms with van der Waals surface area (Å²) < 4.78 is 19.6. The molecular weight excluding hydrogens is 351 g/mol. The molecule has 0 radical (unpaired) electrons. The monoisotopic (exact) mass is 368 g/mol. The summed E-state index contributed by atoms with van der Waals surface area (Å²) in [6.45, 7) is 0.213. The number of hydrogen-bond donors (Lipinski definition) is 2. The van der Waals surface area contributed by atoms with Crippen molar-refractivity contribution >= 4 is 11.8 Å². The lowest BCUT2D eigenvalue weighted by Gasteiger charge is -2.08. The Labute approximate surface area is 154 Å². The van der Waals surface area contributed by atoms with Crippen molar-refractivity contribution in [2.24, 2.45) is 0 Å². The quantitative estimate of drug-likeness (QED) is 0.651. The third kappa shape index (κ3) is 5.40. The molecule has 0 aliphatic heterocycles. The second-order valence-corrected chi connectivity index (χ2v) is 5.66. The number of hydrogen-bond acceptors (Lipinski definition) is 4. The fraction of sp³-hybridized carbons (Fsp3) is 0.105. The van der Waals surface area contributed by atoms with Gasteiger partial charge in [-0.25, -0.2) is 4.39 Å². The van der Waals surface area contributed by atoms with Crippen molar-refractivity contribution in [3.63, 3.8) is 0 Å². The van der Waals surface area contributed by atoms with Crippen molar-refractivity contribution in [3.05, 3.63) is 83.9 Å². The molecule has 2 amide bonds. The molecule has 0 unspecified atom stereocenters. The van der Waals surface area contributed by atoms with Gasteiger partial charge in [-0.2, -0.15) is 5.10 Å². The van der Waals surface area contributed by atoms with E-state index in [0.717, 1.165) is 5.56 Å². The zero-order valence-corrected chi connectivity index (χ0v) is 14.3. The van der Waals surface area contributed by atoms with Crippen LogP contribution in [0.1, 0.15) is 15.9 Å². The third-order valence-corrected chi connectivity index (χ3v) is 3.58. The first-order chi connectivity index (χ1) is 13.1. The Kier molecular flexibility index (Phi) is 5.78. The highest BCUT2D eigenvalue weighted by molar-refractivity contribution is 5.95. The van der Waals surface area contributed by atoms with Crippen LogP contribution >= 0.6 is 0 Å². The maximum absolute atomic E-state index is 12.8. The second kappa shape index (κ2) is 8.61. The number of ether oxygens (including phenoxy) is 1. The van der Waals surface area contributed by atoms with E-state index in [2.05, 4.69) is 16.0 Å². The molecule has 138 valence electrons. The van der Waals surface area contributed by atoms with Crippen molar-refractivity contribution in [2.75, 3.05) is 6.61 Å². The molecule has 0 aliphatic carbocycles. The molecule has 27 heavy (non-hydrogen) atoms. The first kappa shape index (κ1) is 18.1. The predicted octanol–water partition coefficient (Wildman–Crippen LogP) is 1.91. The standard InChI is InChI=1S/C19H17FN4O3/c20-16-6-8-17(9-7-16)27-13-18(25)22-23-19(26)15-10-21-24(12-15)11-14-4-2-1-3-5-14/h1-10,12H,11,13H2,(H,22,25)(H,23,26). The summed E-state index contributed by atoms with van der Waals surface area (Å²) in [6, 6.07) is 15.0. The highest BCUT2D eigenvalue weighted by Crippen LogP contribution is 2.10. The van der Waals surface area contributed by atoms with Crippen LogP contribution in [-0.2, 0) is 11.3 Å². The molecule has 0 atom stereocenters. The number of benzene rings is 2. The van der Waals surface area contributed by atoms with Gasteiger partial charge in [-0.15, -0.1) is 0 Å². The first-order valence-corrected chi connectivity index (χ1v) is 8.14. The smallest absolute Gasteiger partial charge is 0.276 e. The summed E-state index contributed by atoms with van der Waals surface area (Å²) in [6.07, 6.45) is 3.00. The summed E-state index contributed by atoms with van der Waals surface area (Å²) in [7, 11) is 0. The summed E-state index contributed by atoms with van der Waals surface area (Å²) in [4.78, 5) is 23.8. The minimum absolute atomic E-state index is 0.311. The predicted molar refractivity (Wildman–Crippen MR) is 95.3 cm³/mol. The normalized spacial score (nSPS) is 10.3. The third-order valence-electron chi connectivity index (χ3n) is 3.58. The van der Waals surface area contributed by atoms with Gasteiger partial charge in [0.25, 0.3) is 11.8 Å². The Morgan fingerprint density at radius 3 is 2.52 bits per heavy atom. The molecule has 0 fully saturated rings. The van der Waals surface area contributed by atoms with E-state index < -0.39 is 17.6 Å². The van der Waals surface area contributed by atoms with Crippen LogP contribution in [0.3, 0.4) is 0 Å². The van der Waals surface area contributed by atoms with E-state index in [-0.39, 0.29) is 6.61 Å². The van der Waals surface area contributed by atoms with E-state index in [1.807, 2.05) is 30.3 Å². The molecule has 7 nitrogen and oxygen atoms in total. The Balaban J connectivity index is 1.44. The molecule has 0 saturated heterocycles. The van der Waals surface area contributed by atoms with Gasteiger partial charge in [-0.1, -0.05) is 30.3 Å². The van der Waals surface area contributed by atoms with Gasteiger partial charge in [-0.3, -0.25) is 25.1 Å². The van der Waals surface area contributed by atoms with Crippen molar-refractivity contribution in [1.82, 2.24) is 20.6 Å². The minimum atomic E-state index is -0.552. The number of carbonyl (C=O) groups is 2. The number of hydrazine groups is 1. The molecule has 0 saturated carbocycles. The second-order valence-electron chi connectivity index (χ2n) is 5.66. The SMILES string of the molecule is O=C(COc1ccc(F)cc1)NNC(=O)c1cnn(Cc2ccccc2)c1. The summed E-state index contributed by atoms with van der Waals surface area (Å²) in [5.74, 6) is -1.10. The Morgan fingerprint density at radius 1 is 1.04 bits per heavy atom. The number of halogens is 1. The van der Waals surface area contributed by atoms with Gasteiger partial charge in [-0.05, 0) is 29.8 Å². The summed E-state index contributed by atoms with van der Waals surface area (Å²) in [5, 5.41) is 4.13. The molecule has 3 rings (SSSR count). The highest BCUT2D eigenvalue weighted by Gasteiger charge is 2.10. The van der Waals surface area contributed by atoms with Crippen LogP contribution in [-0.4, -0.2) is 28.2 Å². The molecule has 0 spiro atoms. The first-order valence-electron chi connectivity index (χ1n) is 8.14. The van der Waals surface area contributed by atoms with Crippen molar-refractivity contribution < 1.29 is 18.7 Å². The van der Waals surface area contributed by atoms with Gasteiger partial charge in [0.15, 0.2) is 6.61 Å². The van der Waals surface area contributed by atoms with Crippen LogP contribution in [0, 0.1) is 5.82 Å². The molecule has 2 N–H and O–H groups in total. The molecule has 0 bridgehead atoms. The fourth-order valence-electron chi connectivity index (χ4n) is 2.25. The number of nitrogens with one attached hydrogen (secondary N) is 2. The van der Waals surface area contributed by atoms with Crippen molar-refractivity contribution in [2.45, 2.75) is 6.54 Å². The van der Waals surface area contributed by atoms with Gasteiger partial charge in [0.1, 0.15) is 11.6 Å². The van der Waals surface area contributed by atoms with Crippen LogP contribution in [0.4, 0.5) is 4.39 Å². The van der Waals surface area contributed by atoms with E-state index in [9.17, 15) is 14.0 Å². The lowest BCUT2D eigenvalue weighted by molar-refractivity contribution is -0.123.